The van der Waals surface area contributed by atoms with Crippen molar-refractivity contribution in [3.8, 4) is 0 Å². The molecule has 0 aromatic heterocycles. The van der Waals surface area contributed by atoms with Crippen LogP contribution in [0.25, 0.3) is 0 Å². The molecule has 114 valence electrons. The Kier molecular flexibility index (Phi) is 4.42. The van der Waals surface area contributed by atoms with E-state index >= 15 is 0 Å². The molecule has 1 aromatic rings. The van der Waals surface area contributed by atoms with E-state index in [0.29, 0.717) is 12.1 Å². The van der Waals surface area contributed by atoms with Crippen molar-refractivity contribution < 1.29 is 9.72 Å². The van der Waals surface area contributed by atoms with Crippen molar-refractivity contribution in [1.29, 1.82) is 0 Å². The minimum absolute atomic E-state index is 0.126. The SMILES string of the molecule is CCC1(CNC(=O)c2ccc([N+](=O)[O-])c(NN)c2)CCC1. The first-order chi connectivity index (χ1) is 10.0. The summed E-state index contributed by atoms with van der Waals surface area (Å²) in [5, 5.41) is 13.7. The minimum Gasteiger partial charge on any atom is -0.351 e. The van der Waals surface area contributed by atoms with E-state index < -0.39 is 4.92 Å². The minimum atomic E-state index is -0.544. The van der Waals surface area contributed by atoms with Crippen LogP contribution in [0, 0.1) is 15.5 Å². The van der Waals surface area contributed by atoms with Crippen LogP contribution in [0.2, 0.25) is 0 Å². The molecule has 7 nitrogen and oxygen atoms in total. The summed E-state index contributed by atoms with van der Waals surface area (Å²) in [5.41, 5.74) is 2.82. The third kappa shape index (κ3) is 3.13. The van der Waals surface area contributed by atoms with Crippen molar-refractivity contribution >= 4 is 17.3 Å². The predicted molar refractivity (Wildman–Crippen MR) is 79.8 cm³/mol. The van der Waals surface area contributed by atoms with Crippen LogP contribution in [0.3, 0.4) is 0 Å². The van der Waals surface area contributed by atoms with Crippen molar-refractivity contribution in [2.45, 2.75) is 32.6 Å². The van der Waals surface area contributed by atoms with Gasteiger partial charge in [0.1, 0.15) is 5.69 Å². The van der Waals surface area contributed by atoms with E-state index in [1.54, 1.807) is 0 Å². The standard InChI is InChI=1S/C14H20N4O3/c1-2-14(6-3-7-14)9-16-13(19)10-4-5-12(18(20)21)11(8-10)17-15/h4-5,8,17H,2-3,6-7,9,15H2,1H3,(H,16,19). The van der Waals surface area contributed by atoms with Crippen molar-refractivity contribution in [3.63, 3.8) is 0 Å². The number of nitrogens with one attached hydrogen (secondary N) is 2. The highest BCUT2D eigenvalue weighted by atomic mass is 16.6. The number of nitrogens with two attached hydrogens (primary N) is 1. The lowest BCUT2D eigenvalue weighted by Crippen LogP contribution is -2.41. The number of benzene rings is 1. The smallest absolute Gasteiger partial charge is 0.293 e. The summed E-state index contributed by atoms with van der Waals surface area (Å²) in [7, 11) is 0. The summed E-state index contributed by atoms with van der Waals surface area (Å²) in [6.45, 7) is 2.78. The van der Waals surface area contributed by atoms with Gasteiger partial charge in [0.05, 0.1) is 4.92 Å². The van der Waals surface area contributed by atoms with Crippen LogP contribution >= 0.6 is 0 Å². The average Bonchev–Trinajstić information content (AvgIpc) is 2.45. The molecule has 1 aliphatic carbocycles. The zero-order valence-electron chi connectivity index (χ0n) is 12.0. The quantitative estimate of drug-likeness (QED) is 0.423. The lowest BCUT2D eigenvalue weighted by atomic mass is 9.67. The van der Waals surface area contributed by atoms with E-state index in [0.717, 1.165) is 19.3 Å². The Morgan fingerprint density at radius 1 is 1.48 bits per heavy atom. The highest BCUT2D eigenvalue weighted by Gasteiger charge is 2.35. The van der Waals surface area contributed by atoms with Crippen molar-refractivity contribution in [2.24, 2.45) is 11.3 Å². The van der Waals surface area contributed by atoms with Gasteiger partial charge in [-0.1, -0.05) is 13.3 Å². The summed E-state index contributed by atoms with van der Waals surface area (Å²) >= 11 is 0. The Bertz CT molecular complexity index is 550. The van der Waals surface area contributed by atoms with E-state index in [-0.39, 0.29) is 22.7 Å². The fourth-order valence-electron chi connectivity index (χ4n) is 2.65. The Labute approximate surface area is 123 Å². The number of carbonyl (C=O) groups is 1. The summed E-state index contributed by atoms with van der Waals surface area (Å²) < 4.78 is 0. The number of nitrogen functional groups attached to an aromatic ring is 1. The van der Waals surface area contributed by atoms with Crippen LogP contribution in [-0.4, -0.2) is 17.4 Å². The van der Waals surface area contributed by atoms with Gasteiger partial charge in [-0.15, -0.1) is 0 Å². The maximum atomic E-state index is 12.1. The van der Waals surface area contributed by atoms with Gasteiger partial charge in [0.25, 0.3) is 11.6 Å². The van der Waals surface area contributed by atoms with Crippen molar-refractivity contribution in [3.05, 3.63) is 33.9 Å². The normalized spacial score (nSPS) is 15.9. The van der Waals surface area contributed by atoms with Crippen LogP contribution < -0.4 is 16.6 Å². The number of rotatable bonds is 6. The maximum absolute atomic E-state index is 12.1. The number of carbonyl (C=O) groups excluding carboxylic acids is 1. The summed E-state index contributed by atoms with van der Waals surface area (Å²) in [6, 6.07) is 4.11. The number of hydrogen-bond acceptors (Lipinski definition) is 5. The molecule has 4 N–H and O–H groups in total. The number of nitro groups is 1. The lowest BCUT2D eigenvalue weighted by Gasteiger charge is -2.41. The van der Waals surface area contributed by atoms with Crippen LogP contribution in [-0.2, 0) is 0 Å². The van der Waals surface area contributed by atoms with Crippen molar-refractivity contribution in [2.75, 3.05) is 12.0 Å². The second-order valence-corrected chi connectivity index (χ2v) is 5.52. The van der Waals surface area contributed by atoms with E-state index in [1.807, 2.05) is 0 Å². The van der Waals surface area contributed by atoms with Gasteiger partial charge in [-0.2, -0.15) is 0 Å². The van der Waals surface area contributed by atoms with Gasteiger partial charge in [-0.3, -0.25) is 20.8 Å². The molecule has 21 heavy (non-hydrogen) atoms. The first-order valence-corrected chi connectivity index (χ1v) is 7.04. The largest absolute Gasteiger partial charge is 0.351 e. The summed E-state index contributed by atoms with van der Waals surface area (Å²) in [4.78, 5) is 22.4. The van der Waals surface area contributed by atoms with Gasteiger partial charge in [0.15, 0.2) is 0 Å². The van der Waals surface area contributed by atoms with Crippen LogP contribution in [0.4, 0.5) is 11.4 Å². The molecule has 0 spiro atoms. The molecular weight excluding hydrogens is 272 g/mol. The summed E-state index contributed by atoms with van der Waals surface area (Å²) in [6.07, 6.45) is 4.53. The average molecular weight is 292 g/mol. The number of hydrazine groups is 1. The van der Waals surface area contributed by atoms with E-state index in [4.69, 9.17) is 5.84 Å². The molecule has 0 bridgehead atoms. The lowest BCUT2D eigenvalue weighted by molar-refractivity contribution is -0.384. The summed E-state index contributed by atoms with van der Waals surface area (Å²) in [5.74, 6) is 5.03. The molecule has 1 fully saturated rings. The zero-order valence-corrected chi connectivity index (χ0v) is 12.0. The highest BCUT2D eigenvalue weighted by Crippen LogP contribution is 2.43. The Hall–Kier alpha value is -2.15. The van der Waals surface area contributed by atoms with Gasteiger partial charge in [0, 0.05) is 18.2 Å². The number of nitro benzene ring substituents is 1. The van der Waals surface area contributed by atoms with E-state index in [1.165, 1.54) is 24.6 Å². The molecule has 1 aliphatic rings. The number of hydrogen-bond donors (Lipinski definition) is 3. The first-order valence-electron chi connectivity index (χ1n) is 7.04. The van der Waals surface area contributed by atoms with Gasteiger partial charge < -0.3 is 10.7 Å². The highest BCUT2D eigenvalue weighted by molar-refractivity contribution is 5.95. The van der Waals surface area contributed by atoms with Gasteiger partial charge in [0.2, 0.25) is 0 Å². The molecule has 0 unspecified atom stereocenters. The fourth-order valence-corrected chi connectivity index (χ4v) is 2.65. The second kappa shape index (κ2) is 6.09. The first kappa shape index (κ1) is 15.2. The van der Waals surface area contributed by atoms with Gasteiger partial charge >= 0.3 is 0 Å². The Morgan fingerprint density at radius 2 is 2.19 bits per heavy atom. The molecule has 2 rings (SSSR count). The second-order valence-electron chi connectivity index (χ2n) is 5.52. The van der Waals surface area contributed by atoms with Gasteiger partial charge in [-0.25, -0.2) is 0 Å². The Balaban J connectivity index is 2.07. The van der Waals surface area contributed by atoms with Crippen LogP contribution in [0.5, 0.6) is 0 Å². The van der Waals surface area contributed by atoms with Crippen LogP contribution in [0.15, 0.2) is 18.2 Å². The third-order valence-corrected chi connectivity index (χ3v) is 4.40. The molecule has 0 radical (unpaired) electrons. The predicted octanol–water partition coefficient (Wildman–Crippen LogP) is 2.19. The van der Waals surface area contributed by atoms with Crippen molar-refractivity contribution in [1.82, 2.24) is 5.32 Å². The Morgan fingerprint density at radius 3 is 2.67 bits per heavy atom. The number of amides is 1. The van der Waals surface area contributed by atoms with Gasteiger partial charge in [-0.05, 0) is 36.8 Å². The fraction of sp³-hybridized carbons (Fsp3) is 0.500. The molecule has 7 heteroatoms. The molecule has 0 heterocycles. The third-order valence-electron chi connectivity index (χ3n) is 4.40. The van der Waals surface area contributed by atoms with Crippen LogP contribution in [0.1, 0.15) is 43.0 Å². The molecular formula is C14H20N4O3. The number of nitrogens with zero attached hydrogens (tertiary/aromatic N) is 1. The number of anilines is 1. The molecule has 1 saturated carbocycles. The van der Waals surface area contributed by atoms with E-state index in [2.05, 4.69) is 17.7 Å². The monoisotopic (exact) mass is 292 g/mol. The molecule has 0 saturated heterocycles. The molecule has 1 aromatic carbocycles. The van der Waals surface area contributed by atoms with E-state index in [9.17, 15) is 14.9 Å². The zero-order chi connectivity index (χ0) is 15.5. The topological polar surface area (TPSA) is 110 Å². The molecule has 1 amide bonds. The molecule has 0 aliphatic heterocycles. The maximum Gasteiger partial charge on any atom is 0.293 e. The molecule has 0 atom stereocenters.